The molecule has 0 radical (unpaired) electrons. The number of hydrogen-bond acceptors (Lipinski definition) is 1. The van der Waals surface area contributed by atoms with E-state index in [0.717, 1.165) is 29.0 Å². The molecule has 2 aromatic carbocycles. The summed E-state index contributed by atoms with van der Waals surface area (Å²) >= 11 is 6.71. The lowest BCUT2D eigenvalue weighted by Gasteiger charge is -2.39. The van der Waals surface area contributed by atoms with E-state index < -0.39 is 5.60 Å². The monoisotopic (exact) mass is 352 g/mol. The molecule has 2 heteroatoms. The number of hydrogen-bond donors (Lipinski definition) is 1. The average molecular weight is 353 g/mol. The van der Waals surface area contributed by atoms with Crippen molar-refractivity contribution in [2.45, 2.75) is 57.0 Å². The molecule has 130 valence electrons. The van der Waals surface area contributed by atoms with Crippen molar-refractivity contribution in [1.29, 1.82) is 0 Å². The summed E-state index contributed by atoms with van der Waals surface area (Å²) in [5.74, 6) is 0. The molecular weight excluding hydrogens is 328 g/mol. The molecule has 1 nitrogen and oxygen atoms in total. The molecule has 1 N–H and O–H groups in total. The third kappa shape index (κ3) is 2.65. The van der Waals surface area contributed by atoms with Gasteiger partial charge in [0, 0.05) is 16.0 Å². The van der Waals surface area contributed by atoms with Crippen molar-refractivity contribution in [3.8, 4) is 0 Å². The molecule has 0 heterocycles. The van der Waals surface area contributed by atoms with Crippen LogP contribution in [0.5, 0.6) is 0 Å². The summed E-state index contributed by atoms with van der Waals surface area (Å²) in [4.78, 5) is 0. The molecule has 4 rings (SSSR count). The van der Waals surface area contributed by atoms with Crippen LogP contribution in [0.3, 0.4) is 0 Å². The number of rotatable bonds is 2. The highest BCUT2D eigenvalue weighted by molar-refractivity contribution is 6.33. The number of allylic oxidation sites excluding steroid dienone is 1. The van der Waals surface area contributed by atoms with Crippen molar-refractivity contribution in [3.63, 3.8) is 0 Å². The average Bonchev–Trinajstić information content (AvgIpc) is 2.89. The van der Waals surface area contributed by atoms with Crippen LogP contribution in [0.25, 0.3) is 11.6 Å². The van der Waals surface area contributed by atoms with Crippen molar-refractivity contribution in [1.82, 2.24) is 0 Å². The van der Waals surface area contributed by atoms with Gasteiger partial charge in [-0.05, 0) is 61.1 Å². The molecule has 0 unspecified atom stereocenters. The maximum absolute atomic E-state index is 10.8. The number of halogens is 1. The summed E-state index contributed by atoms with van der Waals surface area (Å²) in [5, 5.41) is 11.5. The molecule has 1 spiro atoms. The molecular formula is C23H25ClO. The van der Waals surface area contributed by atoms with Crippen LogP contribution in [0, 0.1) is 0 Å². The molecule has 0 bridgehead atoms. The Morgan fingerprint density at radius 2 is 1.68 bits per heavy atom. The minimum Gasteiger partial charge on any atom is -0.386 e. The van der Waals surface area contributed by atoms with Gasteiger partial charge in [-0.25, -0.2) is 0 Å². The summed E-state index contributed by atoms with van der Waals surface area (Å²) in [7, 11) is 0. The van der Waals surface area contributed by atoms with Gasteiger partial charge in [-0.2, -0.15) is 0 Å². The maximum atomic E-state index is 10.8. The summed E-state index contributed by atoms with van der Waals surface area (Å²) in [6.07, 6.45) is 8.43. The zero-order valence-electron chi connectivity index (χ0n) is 15.0. The smallest absolute Gasteiger partial charge is 0.0846 e. The lowest BCUT2D eigenvalue weighted by Crippen LogP contribution is -2.30. The predicted octanol–water partition coefficient (Wildman–Crippen LogP) is 6.32. The van der Waals surface area contributed by atoms with E-state index in [-0.39, 0.29) is 5.41 Å². The number of benzene rings is 2. The van der Waals surface area contributed by atoms with Crippen LogP contribution in [0.1, 0.15) is 68.2 Å². The van der Waals surface area contributed by atoms with Crippen LogP contribution in [0.15, 0.2) is 42.5 Å². The van der Waals surface area contributed by atoms with E-state index >= 15 is 0 Å². The van der Waals surface area contributed by atoms with E-state index in [0.29, 0.717) is 0 Å². The first-order valence-corrected chi connectivity index (χ1v) is 9.65. The number of aliphatic hydroxyl groups is 1. The Kier molecular flexibility index (Phi) is 4.05. The van der Waals surface area contributed by atoms with Gasteiger partial charge in [-0.15, -0.1) is 0 Å². The van der Waals surface area contributed by atoms with Crippen LogP contribution in [-0.2, 0) is 11.0 Å². The van der Waals surface area contributed by atoms with Gasteiger partial charge >= 0.3 is 0 Å². The van der Waals surface area contributed by atoms with E-state index in [1.807, 2.05) is 32.0 Å². The summed E-state index contributed by atoms with van der Waals surface area (Å²) in [5.41, 5.74) is 5.12. The standard InChI is InChI=1S/C23H25ClO/c1-22(2,25)18-11-8-12-20(24)21(18)19-15-16-9-4-5-10-17(16)23(19)13-6-3-7-14-23/h4-5,8-12,15,25H,3,6-7,13-14H2,1-2H3. The number of fused-ring (bicyclic) bond motifs is 2. The van der Waals surface area contributed by atoms with Crippen molar-refractivity contribution >= 4 is 23.3 Å². The minimum atomic E-state index is -0.925. The molecule has 2 aliphatic carbocycles. The molecule has 0 amide bonds. The summed E-state index contributed by atoms with van der Waals surface area (Å²) in [6.45, 7) is 3.69. The molecule has 1 saturated carbocycles. The van der Waals surface area contributed by atoms with Crippen molar-refractivity contribution in [2.75, 3.05) is 0 Å². The second-order valence-electron chi connectivity index (χ2n) is 8.01. The summed E-state index contributed by atoms with van der Waals surface area (Å²) in [6, 6.07) is 14.7. The zero-order chi connectivity index (χ0) is 17.7. The van der Waals surface area contributed by atoms with Gasteiger partial charge < -0.3 is 5.11 Å². The molecule has 1 fully saturated rings. The van der Waals surface area contributed by atoms with Crippen LogP contribution >= 0.6 is 11.6 Å². The first kappa shape index (κ1) is 16.9. The van der Waals surface area contributed by atoms with Gasteiger partial charge in [0.2, 0.25) is 0 Å². The Morgan fingerprint density at radius 3 is 2.40 bits per heavy atom. The molecule has 0 atom stereocenters. The molecule has 2 aromatic rings. The highest BCUT2D eigenvalue weighted by atomic mass is 35.5. The fourth-order valence-corrected chi connectivity index (χ4v) is 5.09. The van der Waals surface area contributed by atoms with E-state index in [1.54, 1.807) is 0 Å². The SMILES string of the molecule is CC(C)(O)c1cccc(Cl)c1C1=Cc2ccccc2C12CCCCC2. The van der Waals surface area contributed by atoms with Crippen LogP contribution in [0.4, 0.5) is 0 Å². The largest absolute Gasteiger partial charge is 0.386 e. The Labute approximate surface area is 155 Å². The van der Waals surface area contributed by atoms with Gasteiger partial charge in [0.15, 0.2) is 0 Å². The maximum Gasteiger partial charge on any atom is 0.0846 e. The fourth-order valence-electron chi connectivity index (χ4n) is 4.81. The van der Waals surface area contributed by atoms with E-state index in [9.17, 15) is 5.11 Å². The second kappa shape index (κ2) is 6.00. The molecule has 0 saturated heterocycles. The first-order chi connectivity index (χ1) is 11.9. The Bertz CT molecular complexity index is 835. The second-order valence-corrected chi connectivity index (χ2v) is 8.42. The molecule has 25 heavy (non-hydrogen) atoms. The van der Waals surface area contributed by atoms with Crippen LogP contribution < -0.4 is 0 Å². The fraction of sp³-hybridized carbons (Fsp3) is 0.391. The van der Waals surface area contributed by atoms with Crippen LogP contribution in [0.2, 0.25) is 5.02 Å². The minimum absolute atomic E-state index is 0.0415. The highest BCUT2D eigenvalue weighted by Crippen LogP contribution is 2.56. The highest BCUT2D eigenvalue weighted by Gasteiger charge is 2.44. The first-order valence-electron chi connectivity index (χ1n) is 9.27. The lowest BCUT2D eigenvalue weighted by molar-refractivity contribution is 0.0782. The predicted molar refractivity (Wildman–Crippen MR) is 106 cm³/mol. The third-order valence-corrected chi connectivity index (χ3v) is 6.26. The lowest BCUT2D eigenvalue weighted by atomic mass is 9.65. The normalized spacial score (nSPS) is 19.0. The third-order valence-electron chi connectivity index (χ3n) is 5.94. The van der Waals surface area contributed by atoms with Crippen LogP contribution in [-0.4, -0.2) is 5.11 Å². The van der Waals surface area contributed by atoms with Gasteiger partial charge in [-0.3, -0.25) is 0 Å². The van der Waals surface area contributed by atoms with Gasteiger partial charge in [0.25, 0.3) is 0 Å². The van der Waals surface area contributed by atoms with Crippen molar-refractivity contribution < 1.29 is 5.11 Å². The topological polar surface area (TPSA) is 20.2 Å². The van der Waals surface area contributed by atoms with Gasteiger partial charge in [0.1, 0.15) is 0 Å². The zero-order valence-corrected chi connectivity index (χ0v) is 15.7. The van der Waals surface area contributed by atoms with Gasteiger partial charge in [0.05, 0.1) is 5.60 Å². The Hall–Kier alpha value is -1.57. The van der Waals surface area contributed by atoms with Crippen molar-refractivity contribution in [2.24, 2.45) is 0 Å². The summed E-state index contributed by atoms with van der Waals surface area (Å²) < 4.78 is 0. The Balaban J connectivity index is 1.97. The van der Waals surface area contributed by atoms with E-state index in [4.69, 9.17) is 11.6 Å². The Morgan fingerprint density at radius 1 is 0.960 bits per heavy atom. The molecule has 2 aliphatic rings. The van der Waals surface area contributed by atoms with E-state index in [2.05, 4.69) is 30.3 Å². The quantitative estimate of drug-likeness (QED) is 0.670. The molecule has 0 aliphatic heterocycles. The molecule has 0 aromatic heterocycles. The van der Waals surface area contributed by atoms with Gasteiger partial charge in [-0.1, -0.05) is 67.3 Å². The van der Waals surface area contributed by atoms with Crippen molar-refractivity contribution in [3.05, 3.63) is 69.7 Å². The van der Waals surface area contributed by atoms with E-state index in [1.165, 1.54) is 36.0 Å².